The Hall–Kier alpha value is -0.700. The van der Waals surface area contributed by atoms with Crippen molar-refractivity contribution in [2.75, 3.05) is 7.05 Å². The molecule has 0 aliphatic carbocycles. The standard InChI is InChI=1S/C5H11N3/c1-4-3-8(2)5(6)7-4/h3,5,7H,6H2,1-2H3. The van der Waals surface area contributed by atoms with Gasteiger partial charge in [-0.25, -0.2) is 0 Å². The summed E-state index contributed by atoms with van der Waals surface area (Å²) in [5.41, 5.74) is 6.66. The van der Waals surface area contributed by atoms with E-state index in [-0.39, 0.29) is 6.29 Å². The molecule has 1 aliphatic rings. The van der Waals surface area contributed by atoms with E-state index < -0.39 is 0 Å². The van der Waals surface area contributed by atoms with Gasteiger partial charge in [0.2, 0.25) is 0 Å². The molecule has 1 rings (SSSR count). The SMILES string of the molecule is CC1=CN(C)C(N)N1. The van der Waals surface area contributed by atoms with Crippen LogP contribution >= 0.6 is 0 Å². The van der Waals surface area contributed by atoms with Crippen LogP contribution in [0.15, 0.2) is 11.9 Å². The molecule has 0 spiro atoms. The van der Waals surface area contributed by atoms with E-state index in [0.717, 1.165) is 5.70 Å². The zero-order chi connectivity index (χ0) is 6.15. The van der Waals surface area contributed by atoms with Crippen molar-refractivity contribution in [3.8, 4) is 0 Å². The first-order valence-corrected chi connectivity index (χ1v) is 2.62. The van der Waals surface area contributed by atoms with E-state index in [4.69, 9.17) is 5.73 Å². The summed E-state index contributed by atoms with van der Waals surface area (Å²) in [5, 5.41) is 3.03. The molecule has 0 aromatic carbocycles. The van der Waals surface area contributed by atoms with Crippen molar-refractivity contribution in [2.24, 2.45) is 5.73 Å². The molecule has 0 fully saturated rings. The molecule has 0 saturated heterocycles. The lowest BCUT2D eigenvalue weighted by molar-refractivity contribution is 0.339. The minimum Gasteiger partial charge on any atom is -0.356 e. The topological polar surface area (TPSA) is 41.3 Å². The van der Waals surface area contributed by atoms with Crippen LogP contribution in [-0.4, -0.2) is 18.2 Å². The van der Waals surface area contributed by atoms with Crippen molar-refractivity contribution in [3.05, 3.63) is 11.9 Å². The van der Waals surface area contributed by atoms with Gasteiger partial charge in [-0.3, -0.25) is 5.73 Å². The molecule has 46 valence electrons. The zero-order valence-electron chi connectivity index (χ0n) is 5.18. The zero-order valence-corrected chi connectivity index (χ0v) is 5.18. The highest BCUT2D eigenvalue weighted by Gasteiger charge is 2.11. The van der Waals surface area contributed by atoms with Crippen LogP contribution in [0.5, 0.6) is 0 Å². The number of nitrogens with two attached hydrogens (primary N) is 1. The fourth-order valence-corrected chi connectivity index (χ4v) is 0.758. The minimum atomic E-state index is -0.0185. The van der Waals surface area contributed by atoms with E-state index in [1.54, 1.807) is 0 Å². The number of hydrogen-bond donors (Lipinski definition) is 2. The van der Waals surface area contributed by atoms with Crippen LogP contribution in [-0.2, 0) is 0 Å². The van der Waals surface area contributed by atoms with Gasteiger partial charge in [-0.05, 0) is 6.92 Å². The van der Waals surface area contributed by atoms with Gasteiger partial charge in [0.15, 0.2) is 6.29 Å². The quantitative estimate of drug-likeness (QED) is 0.450. The molecule has 1 atom stereocenters. The first kappa shape index (κ1) is 5.44. The summed E-state index contributed by atoms with van der Waals surface area (Å²) in [5.74, 6) is 0. The van der Waals surface area contributed by atoms with E-state index in [2.05, 4.69) is 5.32 Å². The highest BCUT2D eigenvalue weighted by Crippen LogP contribution is 2.01. The number of rotatable bonds is 0. The molecule has 0 radical (unpaired) electrons. The maximum absolute atomic E-state index is 5.53. The second-order valence-corrected chi connectivity index (χ2v) is 2.07. The Morgan fingerprint density at radius 2 is 2.50 bits per heavy atom. The number of nitrogens with one attached hydrogen (secondary N) is 1. The molecule has 8 heavy (non-hydrogen) atoms. The molecular weight excluding hydrogens is 102 g/mol. The minimum absolute atomic E-state index is 0.0185. The van der Waals surface area contributed by atoms with Gasteiger partial charge >= 0.3 is 0 Å². The van der Waals surface area contributed by atoms with Gasteiger partial charge in [-0.1, -0.05) is 0 Å². The van der Waals surface area contributed by atoms with E-state index >= 15 is 0 Å². The molecule has 0 saturated carbocycles. The van der Waals surface area contributed by atoms with Crippen LogP contribution in [0.2, 0.25) is 0 Å². The van der Waals surface area contributed by atoms with Crippen LogP contribution in [0.1, 0.15) is 6.92 Å². The predicted molar refractivity (Wildman–Crippen MR) is 32.6 cm³/mol. The van der Waals surface area contributed by atoms with Gasteiger partial charge in [0.25, 0.3) is 0 Å². The van der Waals surface area contributed by atoms with Crippen LogP contribution in [0.4, 0.5) is 0 Å². The summed E-state index contributed by atoms with van der Waals surface area (Å²) < 4.78 is 0. The van der Waals surface area contributed by atoms with Gasteiger partial charge in [0.1, 0.15) is 0 Å². The lowest BCUT2D eigenvalue weighted by atomic mass is 10.6. The number of hydrogen-bond acceptors (Lipinski definition) is 3. The second kappa shape index (κ2) is 1.67. The lowest BCUT2D eigenvalue weighted by Crippen LogP contribution is -2.41. The van der Waals surface area contributed by atoms with Gasteiger partial charge in [0, 0.05) is 18.9 Å². The molecular formula is C5H11N3. The van der Waals surface area contributed by atoms with Crippen molar-refractivity contribution in [1.82, 2.24) is 10.2 Å². The Morgan fingerprint density at radius 1 is 1.88 bits per heavy atom. The second-order valence-electron chi connectivity index (χ2n) is 2.07. The first-order valence-electron chi connectivity index (χ1n) is 2.62. The number of allylic oxidation sites excluding steroid dienone is 1. The fourth-order valence-electron chi connectivity index (χ4n) is 0.758. The summed E-state index contributed by atoms with van der Waals surface area (Å²) in [6.45, 7) is 1.99. The normalized spacial score (nSPS) is 27.6. The molecule has 0 bridgehead atoms. The van der Waals surface area contributed by atoms with Crippen LogP contribution < -0.4 is 11.1 Å². The third-order valence-corrected chi connectivity index (χ3v) is 1.21. The van der Waals surface area contributed by atoms with Gasteiger partial charge in [0.05, 0.1) is 0 Å². The van der Waals surface area contributed by atoms with E-state index in [1.807, 2.05) is 25.1 Å². The maximum Gasteiger partial charge on any atom is 0.152 e. The fraction of sp³-hybridized carbons (Fsp3) is 0.600. The monoisotopic (exact) mass is 113 g/mol. The van der Waals surface area contributed by atoms with Gasteiger partial charge in [-0.15, -0.1) is 0 Å². The molecule has 0 aromatic heterocycles. The summed E-state index contributed by atoms with van der Waals surface area (Å²) >= 11 is 0. The molecule has 1 aliphatic heterocycles. The van der Waals surface area contributed by atoms with Crippen LogP contribution in [0.25, 0.3) is 0 Å². The van der Waals surface area contributed by atoms with Crippen molar-refractivity contribution in [3.63, 3.8) is 0 Å². The predicted octanol–water partition coefficient (Wildman–Crippen LogP) is -0.375. The van der Waals surface area contributed by atoms with Crippen LogP contribution in [0, 0.1) is 0 Å². The van der Waals surface area contributed by atoms with Crippen molar-refractivity contribution >= 4 is 0 Å². The maximum atomic E-state index is 5.53. The molecule has 1 heterocycles. The first-order chi connectivity index (χ1) is 3.70. The van der Waals surface area contributed by atoms with E-state index in [9.17, 15) is 0 Å². The van der Waals surface area contributed by atoms with Crippen molar-refractivity contribution in [2.45, 2.75) is 13.2 Å². The van der Waals surface area contributed by atoms with Gasteiger partial charge < -0.3 is 10.2 Å². The molecule has 1 unspecified atom stereocenters. The summed E-state index contributed by atoms with van der Waals surface area (Å²) in [4.78, 5) is 1.93. The summed E-state index contributed by atoms with van der Waals surface area (Å²) in [6, 6.07) is 0. The number of nitrogens with zero attached hydrogens (tertiary/aromatic N) is 1. The third-order valence-electron chi connectivity index (χ3n) is 1.21. The largest absolute Gasteiger partial charge is 0.356 e. The molecule has 3 nitrogen and oxygen atoms in total. The summed E-state index contributed by atoms with van der Waals surface area (Å²) in [6.07, 6.45) is 1.96. The van der Waals surface area contributed by atoms with Gasteiger partial charge in [-0.2, -0.15) is 0 Å². The Bertz CT molecular complexity index is 119. The highest BCUT2D eigenvalue weighted by molar-refractivity contribution is 5.02. The third kappa shape index (κ3) is 0.767. The Morgan fingerprint density at radius 3 is 2.62 bits per heavy atom. The molecule has 0 amide bonds. The average Bonchev–Trinajstić information content (AvgIpc) is 1.85. The van der Waals surface area contributed by atoms with Crippen LogP contribution in [0.3, 0.4) is 0 Å². The Kier molecular flexibility index (Phi) is 1.13. The Balaban J connectivity index is 2.56. The van der Waals surface area contributed by atoms with E-state index in [1.165, 1.54) is 0 Å². The van der Waals surface area contributed by atoms with Crippen molar-refractivity contribution in [1.29, 1.82) is 0 Å². The molecule has 3 N–H and O–H groups in total. The molecule has 0 aromatic rings. The average molecular weight is 113 g/mol. The highest BCUT2D eigenvalue weighted by atomic mass is 15.4. The lowest BCUT2D eigenvalue weighted by Gasteiger charge is -2.14. The van der Waals surface area contributed by atoms with Crippen molar-refractivity contribution < 1.29 is 0 Å². The summed E-state index contributed by atoms with van der Waals surface area (Å²) in [7, 11) is 1.94. The Labute approximate surface area is 49.2 Å². The van der Waals surface area contributed by atoms with E-state index in [0.29, 0.717) is 0 Å². The smallest absolute Gasteiger partial charge is 0.152 e. The molecule has 3 heteroatoms.